The van der Waals surface area contributed by atoms with E-state index >= 15 is 0 Å². The Bertz CT molecular complexity index is 722. The maximum absolute atomic E-state index is 11.9. The van der Waals surface area contributed by atoms with Crippen molar-refractivity contribution in [1.29, 1.82) is 0 Å². The molecule has 0 radical (unpaired) electrons. The van der Waals surface area contributed by atoms with E-state index in [1.807, 2.05) is 0 Å². The molecule has 2 rings (SSSR count). The molecular weight excluding hydrogens is 264 g/mol. The number of aromatic amines is 1. The lowest BCUT2D eigenvalue weighted by Crippen LogP contribution is -2.43. The molecule has 1 aromatic heterocycles. The van der Waals surface area contributed by atoms with Gasteiger partial charge < -0.3 is 20.5 Å². The van der Waals surface area contributed by atoms with Crippen LogP contribution in [0, 0.1) is 0 Å². The lowest BCUT2D eigenvalue weighted by molar-refractivity contribution is -0.140. The molecule has 1 atom stereocenters. The summed E-state index contributed by atoms with van der Waals surface area (Å²) in [5, 5.41) is 20.1. The van der Waals surface area contributed by atoms with Gasteiger partial charge in [0.05, 0.1) is 6.61 Å². The van der Waals surface area contributed by atoms with Gasteiger partial charge in [0, 0.05) is 17.0 Å². The Kier molecular flexibility index (Phi) is 3.81. The second-order valence-corrected chi connectivity index (χ2v) is 4.14. The molecule has 1 amide bonds. The summed E-state index contributed by atoms with van der Waals surface area (Å²) in [5.41, 5.74) is 0.0646. The molecule has 1 unspecified atom stereocenters. The van der Waals surface area contributed by atoms with Crippen molar-refractivity contribution in [3.05, 3.63) is 46.2 Å². The van der Waals surface area contributed by atoms with Crippen molar-refractivity contribution in [2.45, 2.75) is 6.04 Å². The van der Waals surface area contributed by atoms with Crippen molar-refractivity contribution in [2.24, 2.45) is 0 Å². The van der Waals surface area contributed by atoms with Crippen LogP contribution in [-0.4, -0.2) is 39.7 Å². The average molecular weight is 276 g/mol. The van der Waals surface area contributed by atoms with Crippen molar-refractivity contribution >= 4 is 22.8 Å². The predicted molar refractivity (Wildman–Crippen MR) is 70.5 cm³/mol. The molecule has 104 valence electrons. The largest absolute Gasteiger partial charge is 0.480 e. The minimum absolute atomic E-state index is 0.0617. The van der Waals surface area contributed by atoms with E-state index in [9.17, 15) is 14.4 Å². The summed E-state index contributed by atoms with van der Waals surface area (Å²) < 4.78 is 0. The van der Waals surface area contributed by atoms with E-state index < -0.39 is 24.5 Å². The second kappa shape index (κ2) is 5.54. The van der Waals surface area contributed by atoms with E-state index in [0.29, 0.717) is 10.9 Å². The van der Waals surface area contributed by atoms with Gasteiger partial charge in [-0.3, -0.25) is 9.59 Å². The minimum atomic E-state index is -1.42. The number of nitrogens with one attached hydrogen (secondary N) is 2. The Morgan fingerprint density at radius 1 is 1.30 bits per heavy atom. The third-order valence-electron chi connectivity index (χ3n) is 2.77. The van der Waals surface area contributed by atoms with Gasteiger partial charge in [-0.15, -0.1) is 0 Å². The number of para-hydroxylation sites is 1. The number of carboxylic acids is 1. The number of H-pyrrole nitrogens is 1. The van der Waals surface area contributed by atoms with Crippen molar-refractivity contribution in [1.82, 2.24) is 10.3 Å². The molecule has 2 aromatic rings. The Hall–Kier alpha value is -2.67. The quantitative estimate of drug-likeness (QED) is 0.611. The van der Waals surface area contributed by atoms with Gasteiger partial charge in [0.2, 0.25) is 0 Å². The van der Waals surface area contributed by atoms with Crippen LogP contribution in [0.2, 0.25) is 0 Å². The summed E-state index contributed by atoms with van der Waals surface area (Å²) >= 11 is 0. The molecule has 0 bridgehead atoms. The van der Waals surface area contributed by atoms with Crippen molar-refractivity contribution in [3.63, 3.8) is 0 Å². The number of rotatable bonds is 4. The standard InChI is InChI=1S/C13H12N2O5/c16-6-10(13(19)20)15-12(18)9-5-11(17)7-3-1-2-4-8(7)14-9/h1-5,10,16H,6H2,(H,14,17)(H,15,18)(H,19,20). The number of aromatic nitrogens is 1. The molecule has 0 fully saturated rings. The summed E-state index contributed by atoms with van der Waals surface area (Å²) in [6.45, 7) is -0.737. The fourth-order valence-electron chi connectivity index (χ4n) is 1.74. The van der Waals surface area contributed by atoms with Gasteiger partial charge >= 0.3 is 5.97 Å². The zero-order chi connectivity index (χ0) is 14.7. The fourth-order valence-corrected chi connectivity index (χ4v) is 1.74. The van der Waals surface area contributed by atoms with Crippen LogP contribution in [0.25, 0.3) is 10.9 Å². The van der Waals surface area contributed by atoms with Gasteiger partial charge in [0.25, 0.3) is 5.91 Å². The van der Waals surface area contributed by atoms with Crippen LogP contribution in [0.15, 0.2) is 35.1 Å². The number of aliphatic hydroxyl groups excluding tert-OH is 1. The molecule has 7 heteroatoms. The number of hydrogen-bond donors (Lipinski definition) is 4. The molecule has 0 saturated carbocycles. The molecule has 7 nitrogen and oxygen atoms in total. The minimum Gasteiger partial charge on any atom is -0.480 e. The third-order valence-corrected chi connectivity index (χ3v) is 2.77. The lowest BCUT2D eigenvalue weighted by Gasteiger charge is -2.11. The Morgan fingerprint density at radius 2 is 2.00 bits per heavy atom. The van der Waals surface area contributed by atoms with Crippen LogP contribution in [0.1, 0.15) is 10.5 Å². The zero-order valence-electron chi connectivity index (χ0n) is 10.3. The number of carbonyl (C=O) groups excluding carboxylic acids is 1. The SMILES string of the molecule is O=C(NC(CO)C(=O)O)c1cc(=O)c2ccccc2[nH]1. The van der Waals surface area contributed by atoms with E-state index in [2.05, 4.69) is 10.3 Å². The highest BCUT2D eigenvalue weighted by atomic mass is 16.4. The third kappa shape index (κ3) is 2.67. The summed E-state index contributed by atoms with van der Waals surface area (Å²) in [6, 6.07) is 6.32. The van der Waals surface area contributed by atoms with E-state index in [0.717, 1.165) is 6.07 Å². The Labute approximate surface area is 112 Å². The Balaban J connectivity index is 2.36. The van der Waals surface area contributed by atoms with Gasteiger partial charge in [0.15, 0.2) is 11.5 Å². The topological polar surface area (TPSA) is 119 Å². The van der Waals surface area contributed by atoms with Crippen LogP contribution < -0.4 is 10.7 Å². The fraction of sp³-hybridized carbons (Fsp3) is 0.154. The summed E-state index contributed by atoms with van der Waals surface area (Å²) in [6.07, 6.45) is 0. The van der Waals surface area contributed by atoms with E-state index in [1.165, 1.54) is 0 Å². The number of benzene rings is 1. The normalized spacial score (nSPS) is 12.1. The maximum Gasteiger partial charge on any atom is 0.328 e. The number of pyridine rings is 1. The monoisotopic (exact) mass is 276 g/mol. The molecule has 1 aromatic carbocycles. The van der Waals surface area contributed by atoms with Crippen LogP contribution in [0.5, 0.6) is 0 Å². The van der Waals surface area contributed by atoms with E-state index in [4.69, 9.17) is 10.2 Å². The number of carboxylic acid groups (broad SMARTS) is 1. The van der Waals surface area contributed by atoms with Crippen LogP contribution in [0.3, 0.4) is 0 Å². The summed E-state index contributed by atoms with van der Waals surface area (Å²) in [5.74, 6) is -2.13. The number of aliphatic carboxylic acids is 1. The van der Waals surface area contributed by atoms with Gasteiger partial charge in [-0.1, -0.05) is 12.1 Å². The van der Waals surface area contributed by atoms with Crippen molar-refractivity contribution in [3.8, 4) is 0 Å². The number of hydrogen-bond acceptors (Lipinski definition) is 4. The second-order valence-electron chi connectivity index (χ2n) is 4.14. The summed E-state index contributed by atoms with van der Waals surface area (Å²) in [4.78, 5) is 37.2. The zero-order valence-corrected chi connectivity index (χ0v) is 10.3. The first-order valence-electron chi connectivity index (χ1n) is 5.79. The summed E-state index contributed by atoms with van der Waals surface area (Å²) in [7, 11) is 0. The highest BCUT2D eigenvalue weighted by molar-refractivity contribution is 5.96. The average Bonchev–Trinajstić information content (AvgIpc) is 2.44. The van der Waals surface area contributed by atoms with Crippen LogP contribution in [-0.2, 0) is 4.79 Å². The molecule has 0 aliphatic carbocycles. The van der Waals surface area contributed by atoms with E-state index in [-0.39, 0.29) is 11.1 Å². The molecule has 4 N–H and O–H groups in total. The molecule has 0 aliphatic rings. The first-order chi connectivity index (χ1) is 9.52. The molecule has 0 saturated heterocycles. The molecule has 20 heavy (non-hydrogen) atoms. The van der Waals surface area contributed by atoms with Gasteiger partial charge in [-0.05, 0) is 12.1 Å². The molecular formula is C13H12N2O5. The maximum atomic E-state index is 11.9. The first-order valence-corrected chi connectivity index (χ1v) is 5.79. The molecule has 0 spiro atoms. The van der Waals surface area contributed by atoms with Crippen molar-refractivity contribution in [2.75, 3.05) is 6.61 Å². The number of amides is 1. The van der Waals surface area contributed by atoms with Crippen molar-refractivity contribution < 1.29 is 19.8 Å². The number of aliphatic hydroxyl groups is 1. The Morgan fingerprint density at radius 3 is 2.65 bits per heavy atom. The van der Waals surface area contributed by atoms with Crippen LogP contribution in [0.4, 0.5) is 0 Å². The lowest BCUT2D eigenvalue weighted by atomic mass is 10.2. The molecule has 1 heterocycles. The van der Waals surface area contributed by atoms with Gasteiger partial charge in [-0.25, -0.2) is 4.79 Å². The van der Waals surface area contributed by atoms with Crippen LogP contribution >= 0.6 is 0 Å². The van der Waals surface area contributed by atoms with Gasteiger partial charge in [0.1, 0.15) is 5.69 Å². The number of carbonyl (C=O) groups is 2. The smallest absolute Gasteiger partial charge is 0.328 e. The first kappa shape index (κ1) is 13.8. The number of fused-ring (bicyclic) bond motifs is 1. The van der Waals surface area contributed by atoms with Gasteiger partial charge in [-0.2, -0.15) is 0 Å². The highest BCUT2D eigenvalue weighted by Crippen LogP contribution is 2.07. The van der Waals surface area contributed by atoms with E-state index in [1.54, 1.807) is 24.3 Å². The predicted octanol–water partition coefficient (Wildman–Crippen LogP) is -0.297. The molecule has 0 aliphatic heterocycles. The highest BCUT2D eigenvalue weighted by Gasteiger charge is 2.20.